The van der Waals surface area contributed by atoms with Gasteiger partial charge < -0.3 is 4.52 Å². The van der Waals surface area contributed by atoms with Gasteiger partial charge in [-0.05, 0) is 13.3 Å². The molecule has 1 fully saturated rings. The molecule has 4 heteroatoms. The fourth-order valence-corrected chi connectivity index (χ4v) is 1.50. The number of aromatic nitrogens is 2. The predicted octanol–water partition coefficient (Wildman–Crippen LogP) is 1.21. The van der Waals surface area contributed by atoms with Gasteiger partial charge in [0.15, 0.2) is 5.82 Å². The normalized spacial score (nSPS) is 23.4. The zero-order chi connectivity index (χ0) is 8.55. The maximum absolute atomic E-state index is 10.9. The third-order valence-electron chi connectivity index (χ3n) is 2.14. The average molecular weight is 166 g/mol. The van der Waals surface area contributed by atoms with E-state index >= 15 is 0 Å². The number of aryl methyl sites for hydroxylation is 1. The van der Waals surface area contributed by atoms with Crippen LogP contribution in [-0.4, -0.2) is 15.9 Å². The molecule has 0 N–H and O–H groups in total. The van der Waals surface area contributed by atoms with Crippen molar-refractivity contribution in [1.82, 2.24) is 10.1 Å². The van der Waals surface area contributed by atoms with Crippen molar-refractivity contribution < 1.29 is 9.32 Å². The SMILES string of the molecule is Cc1noc(C2CCC(=O)C2)n1. The van der Waals surface area contributed by atoms with Gasteiger partial charge in [0.2, 0.25) is 5.89 Å². The number of nitrogens with zero attached hydrogens (tertiary/aromatic N) is 2. The van der Waals surface area contributed by atoms with Crippen molar-refractivity contribution in [2.24, 2.45) is 0 Å². The number of rotatable bonds is 1. The molecule has 2 rings (SSSR count). The first-order valence-corrected chi connectivity index (χ1v) is 4.07. The van der Waals surface area contributed by atoms with Crippen LogP contribution >= 0.6 is 0 Å². The lowest BCUT2D eigenvalue weighted by Gasteiger charge is -1.97. The van der Waals surface area contributed by atoms with Crippen LogP contribution < -0.4 is 0 Å². The van der Waals surface area contributed by atoms with Gasteiger partial charge in [0.1, 0.15) is 5.78 Å². The molecule has 0 bridgehead atoms. The zero-order valence-electron chi connectivity index (χ0n) is 6.91. The first-order valence-electron chi connectivity index (χ1n) is 4.07. The van der Waals surface area contributed by atoms with Crippen LogP contribution in [0.1, 0.15) is 36.9 Å². The van der Waals surface area contributed by atoms with E-state index in [0.29, 0.717) is 30.3 Å². The van der Waals surface area contributed by atoms with E-state index in [4.69, 9.17) is 4.52 Å². The highest BCUT2D eigenvalue weighted by Crippen LogP contribution is 2.30. The minimum absolute atomic E-state index is 0.179. The summed E-state index contributed by atoms with van der Waals surface area (Å²) in [5.41, 5.74) is 0. The van der Waals surface area contributed by atoms with Crippen molar-refractivity contribution in [2.45, 2.75) is 32.1 Å². The van der Waals surface area contributed by atoms with Crippen molar-refractivity contribution in [2.75, 3.05) is 0 Å². The molecule has 1 aromatic rings. The van der Waals surface area contributed by atoms with E-state index in [2.05, 4.69) is 10.1 Å². The smallest absolute Gasteiger partial charge is 0.230 e. The van der Waals surface area contributed by atoms with Gasteiger partial charge in [0.05, 0.1) is 0 Å². The lowest BCUT2D eigenvalue weighted by atomic mass is 10.1. The van der Waals surface area contributed by atoms with Crippen LogP contribution in [0.25, 0.3) is 0 Å². The lowest BCUT2D eigenvalue weighted by molar-refractivity contribution is -0.117. The number of ketones is 1. The van der Waals surface area contributed by atoms with Gasteiger partial charge in [-0.1, -0.05) is 5.16 Å². The second kappa shape index (κ2) is 2.69. The van der Waals surface area contributed by atoms with Crippen molar-refractivity contribution >= 4 is 5.78 Å². The van der Waals surface area contributed by atoms with Crippen LogP contribution in [0.3, 0.4) is 0 Å². The summed E-state index contributed by atoms with van der Waals surface area (Å²) in [4.78, 5) is 15.0. The molecule has 0 spiro atoms. The van der Waals surface area contributed by atoms with Gasteiger partial charge >= 0.3 is 0 Å². The maximum Gasteiger partial charge on any atom is 0.230 e. The molecule has 1 aromatic heterocycles. The highest BCUT2D eigenvalue weighted by Gasteiger charge is 2.27. The number of carbonyl (C=O) groups is 1. The van der Waals surface area contributed by atoms with Crippen molar-refractivity contribution in [1.29, 1.82) is 0 Å². The highest BCUT2D eigenvalue weighted by atomic mass is 16.5. The molecule has 1 atom stereocenters. The van der Waals surface area contributed by atoms with Gasteiger partial charge in [0.25, 0.3) is 0 Å². The Morgan fingerprint density at radius 3 is 2.92 bits per heavy atom. The summed E-state index contributed by atoms with van der Waals surface area (Å²) in [6, 6.07) is 0. The van der Waals surface area contributed by atoms with Crippen molar-refractivity contribution in [3.8, 4) is 0 Å². The Morgan fingerprint density at radius 2 is 2.42 bits per heavy atom. The molecule has 0 radical (unpaired) electrons. The van der Waals surface area contributed by atoms with Gasteiger partial charge in [-0.25, -0.2) is 0 Å². The van der Waals surface area contributed by atoms with Gasteiger partial charge in [-0.2, -0.15) is 4.98 Å². The van der Waals surface area contributed by atoms with Gasteiger partial charge in [-0.15, -0.1) is 0 Å². The summed E-state index contributed by atoms with van der Waals surface area (Å²) >= 11 is 0. The van der Waals surface area contributed by atoms with E-state index in [1.54, 1.807) is 6.92 Å². The lowest BCUT2D eigenvalue weighted by Crippen LogP contribution is -1.94. The Bertz CT molecular complexity index is 306. The Balaban J connectivity index is 2.15. The second-order valence-electron chi connectivity index (χ2n) is 3.16. The van der Waals surface area contributed by atoms with E-state index in [1.165, 1.54) is 0 Å². The molecular weight excluding hydrogens is 156 g/mol. The minimum Gasteiger partial charge on any atom is -0.339 e. The standard InChI is InChI=1S/C8H10N2O2/c1-5-9-8(12-10-5)6-2-3-7(11)4-6/h6H,2-4H2,1H3. The number of hydrogen-bond donors (Lipinski definition) is 0. The largest absolute Gasteiger partial charge is 0.339 e. The predicted molar refractivity (Wildman–Crippen MR) is 40.6 cm³/mol. The number of carbonyl (C=O) groups excluding carboxylic acids is 1. The van der Waals surface area contributed by atoms with Gasteiger partial charge in [-0.3, -0.25) is 4.79 Å². The second-order valence-corrected chi connectivity index (χ2v) is 3.16. The van der Waals surface area contributed by atoms with Crippen LogP contribution in [0.2, 0.25) is 0 Å². The van der Waals surface area contributed by atoms with E-state index in [-0.39, 0.29) is 5.92 Å². The molecule has 1 unspecified atom stereocenters. The Kier molecular flexibility index (Phi) is 1.67. The molecular formula is C8H10N2O2. The fraction of sp³-hybridized carbons (Fsp3) is 0.625. The summed E-state index contributed by atoms with van der Waals surface area (Å²) in [7, 11) is 0. The first kappa shape index (κ1) is 7.46. The third-order valence-corrected chi connectivity index (χ3v) is 2.14. The fourth-order valence-electron chi connectivity index (χ4n) is 1.50. The molecule has 0 aliphatic heterocycles. The molecule has 1 aliphatic rings. The topological polar surface area (TPSA) is 56.0 Å². The van der Waals surface area contributed by atoms with E-state index in [0.717, 1.165) is 6.42 Å². The van der Waals surface area contributed by atoms with Gasteiger partial charge in [0, 0.05) is 18.8 Å². The van der Waals surface area contributed by atoms with Crippen molar-refractivity contribution in [3.05, 3.63) is 11.7 Å². The van der Waals surface area contributed by atoms with E-state index in [9.17, 15) is 4.79 Å². The van der Waals surface area contributed by atoms with Crippen LogP contribution in [-0.2, 0) is 4.79 Å². The minimum atomic E-state index is 0.179. The van der Waals surface area contributed by atoms with E-state index < -0.39 is 0 Å². The van der Waals surface area contributed by atoms with Crippen LogP contribution in [0.4, 0.5) is 0 Å². The molecule has 0 saturated heterocycles. The molecule has 0 aromatic carbocycles. The average Bonchev–Trinajstić information content (AvgIpc) is 2.58. The summed E-state index contributed by atoms with van der Waals surface area (Å²) in [5, 5.41) is 3.69. The van der Waals surface area contributed by atoms with Crippen LogP contribution in [0.5, 0.6) is 0 Å². The molecule has 12 heavy (non-hydrogen) atoms. The Morgan fingerprint density at radius 1 is 1.58 bits per heavy atom. The molecule has 0 amide bonds. The summed E-state index contributed by atoms with van der Waals surface area (Å²) in [6.07, 6.45) is 2.09. The molecule has 64 valence electrons. The van der Waals surface area contributed by atoms with Crippen LogP contribution in [0.15, 0.2) is 4.52 Å². The number of Topliss-reactive ketones (excluding diaryl/α,β-unsaturated/α-hetero) is 1. The molecule has 1 saturated carbocycles. The summed E-state index contributed by atoms with van der Waals surface area (Å²) in [5.74, 6) is 1.75. The Labute approximate surface area is 70.0 Å². The number of hydrogen-bond acceptors (Lipinski definition) is 4. The first-order chi connectivity index (χ1) is 5.75. The quantitative estimate of drug-likeness (QED) is 0.629. The van der Waals surface area contributed by atoms with Crippen molar-refractivity contribution in [3.63, 3.8) is 0 Å². The summed E-state index contributed by atoms with van der Waals surface area (Å²) < 4.78 is 4.98. The highest BCUT2D eigenvalue weighted by molar-refractivity contribution is 5.81. The monoisotopic (exact) mass is 166 g/mol. The Hall–Kier alpha value is -1.19. The molecule has 4 nitrogen and oxygen atoms in total. The maximum atomic E-state index is 10.9. The van der Waals surface area contributed by atoms with E-state index in [1.807, 2.05) is 0 Å². The molecule has 1 aliphatic carbocycles. The zero-order valence-corrected chi connectivity index (χ0v) is 6.91. The summed E-state index contributed by atoms with van der Waals surface area (Å²) in [6.45, 7) is 1.78. The van der Waals surface area contributed by atoms with Crippen LogP contribution in [0, 0.1) is 6.92 Å². The third kappa shape index (κ3) is 1.24. The molecule has 1 heterocycles.